The van der Waals surface area contributed by atoms with Gasteiger partial charge in [0.1, 0.15) is 17.1 Å². The summed E-state index contributed by atoms with van der Waals surface area (Å²) in [6, 6.07) is 3.43. The Morgan fingerprint density at radius 1 is 1.40 bits per heavy atom. The first-order chi connectivity index (χ1) is 6.79. The Kier molecular flexibility index (Phi) is 3.45. The maximum absolute atomic E-state index is 10.8. The van der Waals surface area contributed by atoms with Crippen molar-refractivity contribution >= 4 is 21.5 Å². The molecule has 0 bridgehead atoms. The smallest absolute Gasteiger partial charge is 0.294 e. The van der Waals surface area contributed by atoms with Gasteiger partial charge in [-0.15, -0.1) is 0 Å². The molecular formula is C7H7O6S2-. The van der Waals surface area contributed by atoms with Crippen LogP contribution in [0.1, 0.15) is 5.56 Å². The summed E-state index contributed by atoms with van der Waals surface area (Å²) in [6.45, 7) is 1.54. The maximum atomic E-state index is 10.8. The minimum atomic E-state index is -4.36. The summed E-state index contributed by atoms with van der Waals surface area (Å²) in [5.41, 5.74) is 0.450. The van der Waals surface area contributed by atoms with Crippen LogP contribution in [0.4, 0.5) is 0 Å². The second-order valence-electron chi connectivity index (χ2n) is 2.74. The van der Waals surface area contributed by atoms with E-state index in [9.17, 15) is 17.2 Å². The lowest BCUT2D eigenvalue weighted by Gasteiger charge is -2.08. The molecule has 0 aromatic heterocycles. The van der Waals surface area contributed by atoms with Gasteiger partial charge in [0.25, 0.3) is 10.1 Å². The van der Waals surface area contributed by atoms with Crippen molar-refractivity contribution in [2.75, 3.05) is 0 Å². The van der Waals surface area contributed by atoms with Gasteiger partial charge in [0.15, 0.2) is 0 Å². The molecule has 0 amide bonds. The van der Waals surface area contributed by atoms with E-state index in [0.29, 0.717) is 5.56 Å². The van der Waals surface area contributed by atoms with E-state index in [-0.39, 0.29) is 5.75 Å². The van der Waals surface area contributed by atoms with Crippen LogP contribution in [0.3, 0.4) is 0 Å². The number of rotatable bonds is 3. The Bertz CT molecular complexity index is 492. The van der Waals surface area contributed by atoms with Crippen molar-refractivity contribution in [1.29, 1.82) is 0 Å². The summed E-state index contributed by atoms with van der Waals surface area (Å²) < 4.78 is 55.0. The minimum Gasteiger partial charge on any atom is -0.740 e. The van der Waals surface area contributed by atoms with Crippen molar-refractivity contribution in [1.82, 2.24) is 0 Å². The number of hydrogen-bond donors (Lipinski definition) is 1. The van der Waals surface area contributed by atoms with Crippen molar-refractivity contribution < 1.29 is 25.9 Å². The highest BCUT2D eigenvalue weighted by Crippen LogP contribution is 2.20. The van der Waals surface area contributed by atoms with Gasteiger partial charge < -0.3 is 8.74 Å². The fraction of sp³-hybridized carbons (Fsp3) is 0.143. The first-order valence-electron chi connectivity index (χ1n) is 3.66. The van der Waals surface area contributed by atoms with Gasteiger partial charge in [0.2, 0.25) is 0 Å². The molecule has 0 heterocycles. The predicted octanol–water partition coefficient (Wildman–Crippen LogP) is 0.415. The van der Waals surface area contributed by atoms with Crippen molar-refractivity contribution in [3.63, 3.8) is 0 Å². The topological polar surface area (TPSA) is 104 Å². The third kappa shape index (κ3) is 3.59. The van der Waals surface area contributed by atoms with E-state index in [4.69, 9.17) is 4.55 Å². The SMILES string of the molecule is Cc1cc(OS(=O)[O-])cc(S(=O)(=O)O)c1. The Balaban J connectivity index is 3.23. The van der Waals surface area contributed by atoms with Gasteiger partial charge in [-0.2, -0.15) is 8.42 Å². The molecule has 1 N–H and O–H groups in total. The third-order valence-corrected chi connectivity index (χ3v) is 2.65. The predicted molar refractivity (Wildman–Crippen MR) is 50.5 cm³/mol. The van der Waals surface area contributed by atoms with Gasteiger partial charge in [-0.05, 0) is 24.6 Å². The second kappa shape index (κ2) is 4.27. The summed E-state index contributed by atoms with van der Waals surface area (Å²) in [7, 11) is -4.36. The summed E-state index contributed by atoms with van der Waals surface area (Å²) in [5.74, 6) is -0.170. The summed E-state index contributed by atoms with van der Waals surface area (Å²) >= 11 is -2.79. The Labute approximate surface area is 89.1 Å². The molecule has 0 aliphatic carbocycles. The lowest BCUT2D eigenvalue weighted by atomic mass is 10.2. The zero-order valence-electron chi connectivity index (χ0n) is 7.54. The highest BCUT2D eigenvalue weighted by Gasteiger charge is 2.11. The van der Waals surface area contributed by atoms with Crippen LogP contribution in [-0.4, -0.2) is 21.7 Å². The molecular weight excluding hydrogens is 244 g/mol. The van der Waals surface area contributed by atoms with E-state index >= 15 is 0 Å². The van der Waals surface area contributed by atoms with Crippen molar-refractivity contribution in [3.8, 4) is 5.75 Å². The quantitative estimate of drug-likeness (QED) is 0.616. The fourth-order valence-electron chi connectivity index (χ4n) is 0.990. The van der Waals surface area contributed by atoms with E-state index in [1.165, 1.54) is 19.1 Å². The van der Waals surface area contributed by atoms with Gasteiger partial charge in [-0.1, -0.05) is 0 Å². The molecule has 1 unspecified atom stereocenters. The van der Waals surface area contributed by atoms with Crippen LogP contribution in [0.25, 0.3) is 0 Å². The van der Waals surface area contributed by atoms with Crippen LogP contribution in [-0.2, 0) is 21.5 Å². The molecule has 15 heavy (non-hydrogen) atoms. The fourth-order valence-corrected chi connectivity index (χ4v) is 1.84. The van der Waals surface area contributed by atoms with Crippen molar-refractivity contribution in [2.45, 2.75) is 11.8 Å². The third-order valence-electron chi connectivity index (χ3n) is 1.49. The molecule has 0 aliphatic rings. The van der Waals surface area contributed by atoms with Gasteiger partial charge in [0.05, 0.1) is 4.90 Å². The molecule has 8 heteroatoms. The first kappa shape index (κ1) is 12.1. The minimum absolute atomic E-state index is 0.170. The molecule has 1 atom stereocenters. The van der Waals surface area contributed by atoms with E-state index in [1.807, 2.05) is 0 Å². The Hall–Kier alpha value is -0.960. The first-order valence-corrected chi connectivity index (χ1v) is 6.10. The molecule has 1 rings (SSSR count). The molecule has 0 fully saturated rings. The highest BCUT2D eigenvalue weighted by molar-refractivity contribution is 7.85. The molecule has 0 aliphatic heterocycles. The number of aryl methyl sites for hydroxylation is 1. The number of hydrogen-bond acceptors (Lipinski definition) is 5. The van der Waals surface area contributed by atoms with Crippen LogP contribution in [0.5, 0.6) is 5.75 Å². The van der Waals surface area contributed by atoms with E-state index in [0.717, 1.165) is 6.07 Å². The van der Waals surface area contributed by atoms with Gasteiger partial charge in [-0.25, -0.2) is 4.21 Å². The average Bonchev–Trinajstić information content (AvgIpc) is 1.99. The van der Waals surface area contributed by atoms with Crippen molar-refractivity contribution in [3.05, 3.63) is 23.8 Å². The zero-order chi connectivity index (χ0) is 11.6. The van der Waals surface area contributed by atoms with E-state index in [2.05, 4.69) is 4.18 Å². The summed E-state index contributed by atoms with van der Waals surface area (Å²) in [6.07, 6.45) is 0. The lowest BCUT2D eigenvalue weighted by molar-refractivity contribution is 0.438. The van der Waals surface area contributed by atoms with E-state index < -0.39 is 26.4 Å². The molecule has 0 radical (unpaired) electrons. The van der Waals surface area contributed by atoms with Crippen molar-refractivity contribution in [2.24, 2.45) is 0 Å². The molecule has 0 spiro atoms. The Morgan fingerprint density at radius 3 is 2.47 bits per heavy atom. The van der Waals surface area contributed by atoms with Gasteiger partial charge >= 0.3 is 0 Å². The second-order valence-corrected chi connectivity index (χ2v) is 4.74. The number of benzene rings is 1. The summed E-state index contributed by atoms with van der Waals surface area (Å²) in [4.78, 5) is -0.414. The molecule has 1 aromatic rings. The van der Waals surface area contributed by atoms with Crippen LogP contribution in [0.2, 0.25) is 0 Å². The molecule has 0 saturated carbocycles. The molecule has 1 aromatic carbocycles. The maximum Gasteiger partial charge on any atom is 0.294 e. The van der Waals surface area contributed by atoms with Gasteiger partial charge in [0, 0.05) is 6.07 Å². The normalized spacial score (nSPS) is 13.5. The molecule has 6 nitrogen and oxygen atoms in total. The van der Waals surface area contributed by atoms with E-state index in [1.54, 1.807) is 0 Å². The highest BCUT2D eigenvalue weighted by atomic mass is 32.2. The Morgan fingerprint density at radius 2 is 2.00 bits per heavy atom. The monoisotopic (exact) mass is 251 g/mol. The zero-order valence-corrected chi connectivity index (χ0v) is 9.17. The standard InChI is InChI=1S/C7H8O6S2/c1-5-2-6(13-14(8)9)4-7(3-5)15(10,11)12/h2-4H,1H3,(H,8,9)(H,10,11,12)/p-1. The van der Waals surface area contributed by atoms with Crippen LogP contribution in [0, 0.1) is 6.92 Å². The largest absolute Gasteiger partial charge is 0.740 e. The van der Waals surface area contributed by atoms with Crippen LogP contribution < -0.4 is 4.18 Å². The summed E-state index contributed by atoms with van der Waals surface area (Å²) in [5, 5.41) is 0. The molecule has 84 valence electrons. The van der Waals surface area contributed by atoms with Gasteiger partial charge in [-0.3, -0.25) is 4.55 Å². The van der Waals surface area contributed by atoms with Crippen LogP contribution in [0.15, 0.2) is 23.1 Å². The lowest BCUT2D eigenvalue weighted by Crippen LogP contribution is -2.02. The molecule has 0 saturated heterocycles. The van der Waals surface area contributed by atoms with Crippen LogP contribution >= 0.6 is 0 Å². The average molecular weight is 251 g/mol.